The van der Waals surface area contributed by atoms with Crippen molar-refractivity contribution in [3.05, 3.63) is 57.7 Å². The van der Waals surface area contributed by atoms with Crippen LogP contribution in [0.4, 0.5) is 0 Å². The van der Waals surface area contributed by atoms with Gasteiger partial charge in [0.2, 0.25) is 5.91 Å². The Hall–Kier alpha value is -2.54. The molecule has 0 fully saturated rings. The molecule has 0 radical (unpaired) electrons. The fraction of sp³-hybridized carbons (Fsp3) is 0.250. The Balaban J connectivity index is 1.58. The normalized spacial score (nSPS) is 10.8. The van der Waals surface area contributed by atoms with Gasteiger partial charge in [-0.15, -0.1) is 11.3 Å². The third-order valence-electron chi connectivity index (χ3n) is 3.44. The molecule has 118 valence electrons. The maximum absolute atomic E-state index is 12.2. The Bertz CT molecular complexity index is 900. The summed E-state index contributed by atoms with van der Waals surface area (Å²) in [4.78, 5) is 33.4. The van der Waals surface area contributed by atoms with Crippen LogP contribution < -0.4 is 10.9 Å². The molecule has 6 nitrogen and oxygen atoms in total. The zero-order valence-corrected chi connectivity index (χ0v) is 13.5. The molecule has 0 aromatic carbocycles. The number of pyridine rings is 1. The highest BCUT2D eigenvalue weighted by Gasteiger charge is 2.07. The molecule has 3 rings (SSSR count). The number of nitrogens with one attached hydrogen (secondary N) is 1. The summed E-state index contributed by atoms with van der Waals surface area (Å²) in [6.45, 7) is 2.60. The van der Waals surface area contributed by atoms with E-state index in [0.29, 0.717) is 18.5 Å². The van der Waals surface area contributed by atoms with Gasteiger partial charge in [-0.25, -0.2) is 4.98 Å². The van der Waals surface area contributed by atoms with Crippen molar-refractivity contribution in [2.75, 3.05) is 0 Å². The topological polar surface area (TPSA) is 76.9 Å². The lowest BCUT2D eigenvalue weighted by atomic mass is 10.3. The van der Waals surface area contributed by atoms with Gasteiger partial charge in [0.15, 0.2) is 0 Å². The molecule has 3 aromatic rings. The van der Waals surface area contributed by atoms with Crippen molar-refractivity contribution in [3.63, 3.8) is 0 Å². The quantitative estimate of drug-likeness (QED) is 0.776. The summed E-state index contributed by atoms with van der Waals surface area (Å²) in [7, 11) is 0. The molecule has 1 amide bonds. The number of hydrogen-bond donors (Lipinski definition) is 1. The molecule has 1 N–H and O–H groups in total. The van der Waals surface area contributed by atoms with Crippen LogP contribution in [-0.4, -0.2) is 20.4 Å². The van der Waals surface area contributed by atoms with E-state index in [-0.39, 0.29) is 17.9 Å². The van der Waals surface area contributed by atoms with Crippen LogP contribution in [0, 0.1) is 6.92 Å². The van der Waals surface area contributed by atoms with Crippen molar-refractivity contribution in [2.24, 2.45) is 0 Å². The number of carbonyl (C=O) groups is 1. The van der Waals surface area contributed by atoms with E-state index in [1.165, 1.54) is 22.2 Å². The van der Waals surface area contributed by atoms with Gasteiger partial charge in [-0.2, -0.15) is 0 Å². The first-order valence-corrected chi connectivity index (χ1v) is 8.13. The number of amides is 1. The van der Waals surface area contributed by atoms with E-state index in [4.69, 9.17) is 0 Å². The number of carbonyl (C=O) groups excluding carboxylic acids is 1. The second-order valence-electron chi connectivity index (χ2n) is 5.18. The summed E-state index contributed by atoms with van der Waals surface area (Å²) in [6.07, 6.45) is 1.72. The average Bonchev–Trinajstić information content (AvgIpc) is 3.02. The van der Waals surface area contributed by atoms with Crippen molar-refractivity contribution >= 4 is 27.5 Å². The van der Waals surface area contributed by atoms with Gasteiger partial charge in [0.25, 0.3) is 5.56 Å². The van der Waals surface area contributed by atoms with Crippen LogP contribution in [0.2, 0.25) is 0 Å². The van der Waals surface area contributed by atoms with E-state index >= 15 is 0 Å². The van der Waals surface area contributed by atoms with Crippen molar-refractivity contribution < 1.29 is 4.79 Å². The fourth-order valence-corrected chi connectivity index (χ4v) is 2.97. The minimum atomic E-state index is -0.120. The van der Waals surface area contributed by atoms with Crippen LogP contribution in [0.5, 0.6) is 0 Å². The van der Waals surface area contributed by atoms with Crippen molar-refractivity contribution in [2.45, 2.75) is 26.4 Å². The molecule has 0 saturated heterocycles. The SMILES string of the molecule is Cc1cccc(CNC(=O)CCn2cnc3sccc3c2=O)n1. The summed E-state index contributed by atoms with van der Waals surface area (Å²) >= 11 is 1.43. The molecule has 0 spiro atoms. The van der Waals surface area contributed by atoms with Crippen LogP contribution in [0.25, 0.3) is 10.2 Å². The third kappa shape index (κ3) is 3.62. The van der Waals surface area contributed by atoms with Gasteiger partial charge in [0, 0.05) is 18.7 Å². The Morgan fingerprint density at radius 3 is 3.04 bits per heavy atom. The minimum Gasteiger partial charge on any atom is -0.350 e. The molecule has 0 unspecified atom stereocenters. The van der Waals surface area contributed by atoms with Gasteiger partial charge in [-0.3, -0.25) is 19.1 Å². The molecule has 23 heavy (non-hydrogen) atoms. The van der Waals surface area contributed by atoms with E-state index < -0.39 is 0 Å². The van der Waals surface area contributed by atoms with Crippen LogP contribution in [0.3, 0.4) is 0 Å². The van der Waals surface area contributed by atoms with Gasteiger partial charge in [0.1, 0.15) is 4.83 Å². The number of fused-ring (bicyclic) bond motifs is 1. The number of aromatic nitrogens is 3. The monoisotopic (exact) mass is 328 g/mol. The summed E-state index contributed by atoms with van der Waals surface area (Å²) in [5, 5.41) is 5.25. The summed E-state index contributed by atoms with van der Waals surface area (Å²) < 4.78 is 1.47. The number of aryl methyl sites for hydroxylation is 2. The highest BCUT2D eigenvalue weighted by molar-refractivity contribution is 7.16. The van der Waals surface area contributed by atoms with Gasteiger partial charge < -0.3 is 5.32 Å². The fourth-order valence-electron chi connectivity index (χ4n) is 2.25. The van der Waals surface area contributed by atoms with Crippen LogP contribution in [0.15, 0.2) is 40.8 Å². The second-order valence-corrected chi connectivity index (χ2v) is 6.07. The number of thiophene rings is 1. The van der Waals surface area contributed by atoms with Crippen LogP contribution in [-0.2, 0) is 17.9 Å². The molecule has 7 heteroatoms. The first-order chi connectivity index (χ1) is 11.1. The van der Waals surface area contributed by atoms with Gasteiger partial charge in [-0.05, 0) is 30.5 Å². The van der Waals surface area contributed by atoms with E-state index in [0.717, 1.165) is 16.2 Å². The average molecular weight is 328 g/mol. The third-order valence-corrected chi connectivity index (χ3v) is 4.26. The van der Waals surface area contributed by atoms with Gasteiger partial charge in [0.05, 0.1) is 24.0 Å². The molecule has 0 aliphatic heterocycles. The molecular formula is C16H16N4O2S. The lowest BCUT2D eigenvalue weighted by Gasteiger charge is -2.07. The zero-order chi connectivity index (χ0) is 16.2. The highest BCUT2D eigenvalue weighted by Crippen LogP contribution is 2.13. The highest BCUT2D eigenvalue weighted by atomic mass is 32.1. The summed E-state index contributed by atoms with van der Waals surface area (Å²) in [5.41, 5.74) is 1.62. The van der Waals surface area contributed by atoms with E-state index in [1.54, 1.807) is 6.07 Å². The summed E-state index contributed by atoms with van der Waals surface area (Å²) in [5.74, 6) is -0.120. The van der Waals surface area contributed by atoms with E-state index in [9.17, 15) is 9.59 Å². The largest absolute Gasteiger partial charge is 0.350 e. The van der Waals surface area contributed by atoms with Crippen molar-refractivity contribution in [3.8, 4) is 0 Å². The maximum Gasteiger partial charge on any atom is 0.262 e. The van der Waals surface area contributed by atoms with Crippen molar-refractivity contribution in [1.82, 2.24) is 19.9 Å². The van der Waals surface area contributed by atoms with Gasteiger partial charge in [-0.1, -0.05) is 6.07 Å². The molecule has 3 aromatic heterocycles. The second kappa shape index (κ2) is 6.70. The zero-order valence-electron chi connectivity index (χ0n) is 12.7. The maximum atomic E-state index is 12.2. The number of rotatable bonds is 5. The number of nitrogens with zero attached hydrogens (tertiary/aromatic N) is 3. The summed E-state index contributed by atoms with van der Waals surface area (Å²) in [6, 6.07) is 7.44. The Kier molecular flexibility index (Phi) is 4.47. The standard InChI is InChI=1S/C16H16N4O2S/c1-11-3-2-4-12(19-11)9-17-14(21)5-7-20-10-18-15-13(16(20)22)6-8-23-15/h2-4,6,8,10H,5,7,9H2,1H3,(H,17,21). The lowest BCUT2D eigenvalue weighted by Crippen LogP contribution is -2.27. The van der Waals surface area contributed by atoms with Crippen LogP contribution >= 0.6 is 11.3 Å². The predicted octanol–water partition coefficient (Wildman–Crippen LogP) is 1.87. The predicted molar refractivity (Wildman–Crippen MR) is 89.3 cm³/mol. The Morgan fingerprint density at radius 1 is 1.35 bits per heavy atom. The van der Waals surface area contributed by atoms with Crippen LogP contribution in [0.1, 0.15) is 17.8 Å². The molecule has 0 saturated carbocycles. The van der Waals surface area contributed by atoms with Crippen molar-refractivity contribution in [1.29, 1.82) is 0 Å². The minimum absolute atomic E-state index is 0.107. The molecule has 0 atom stereocenters. The first-order valence-electron chi connectivity index (χ1n) is 7.25. The molecule has 0 aliphatic carbocycles. The molecular weight excluding hydrogens is 312 g/mol. The Morgan fingerprint density at radius 2 is 2.22 bits per heavy atom. The Labute approximate surface area is 136 Å². The smallest absolute Gasteiger partial charge is 0.262 e. The molecule has 0 aliphatic rings. The van der Waals surface area contributed by atoms with E-state index in [1.807, 2.05) is 30.5 Å². The lowest BCUT2D eigenvalue weighted by molar-refractivity contribution is -0.121. The molecule has 0 bridgehead atoms. The van der Waals surface area contributed by atoms with Gasteiger partial charge >= 0.3 is 0 Å². The molecule has 3 heterocycles. The number of hydrogen-bond acceptors (Lipinski definition) is 5. The van der Waals surface area contributed by atoms with E-state index in [2.05, 4.69) is 15.3 Å². The first kappa shape index (κ1) is 15.4.